The fourth-order valence-corrected chi connectivity index (χ4v) is 4.68. The van der Waals surface area contributed by atoms with Crippen LogP contribution in [0.15, 0.2) is 47.5 Å². The van der Waals surface area contributed by atoms with Gasteiger partial charge in [0.2, 0.25) is 0 Å². The number of nitrogens with one attached hydrogen (secondary N) is 2. The number of benzene rings is 2. The molecule has 1 aliphatic heterocycles. The Balaban J connectivity index is 0.00000141. The van der Waals surface area contributed by atoms with Gasteiger partial charge in [0.05, 0.1) is 29.1 Å². The van der Waals surface area contributed by atoms with Crippen LogP contribution in [0, 0.1) is 5.82 Å². The Hall–Kier alpha value is -3.59. The molecule has 3 heterocycles. The summed E-state index contributed by atoms with van der Waals surface area (Å²) >= 11 is 0. The smallest absolute Gasteiger partial charge is 0.274 e. The molecule has 2 unspecified atom stereocenters. The van der Waals surface area contributed by atoms with Gasteiger partial charge in [-0.3, -0.25) is 9.48 Å². The van der Waals surface area contributed by atoms with Gasteiger partial charge in [-0.15, -0.1) is 0 Å². The number of aryl methyl sites for hydroxylation is 1. The number of anilines is 1. The molecule has 5 rings (SSSR count). The van der Waals surface area contributed by atoms with E-state index in [2.05, 4.69) is 20.7 Å². The molecule has 0 spiro atoms. The molecular formula is C26H32FN7O. The van der Waals surface area contributed by atoms with E-state index in [9.17, 15) is 9.18 Å². The van der Waals surface area contributed by atoms with Crippen molar-refractivity contribution in [2.75, 3.05) is 12.4 Å². The maximum absolute atomic E-state index is 13.7. The molecular weight excluding hydrogens is 445 g/mol. The van der Waals surface area contributed by atoms with Gasteiger partial charge in [-0.05, 0) is 56.3 Å². The van der Waals surface area contributed by atoms with Crippen LogP contribution in [0.25, 0.3) is 10.8 Å². The molecule has 0 bridgehead atoms. The van der Waals surface area contributed by atoms with Gasteiger partial charge in [-0.2, -0.15) is 10.2 Å². The van der Waals surface area contributed by atoms with Gasteiger partial charge < -0.3 is 10.6 Å². The van der Waals surface area contributed by atoms with Crippen molar-refractivity contribution in [3.05, 3.63) is 81.5 Å². The SMILES string of the molecule is CC.CNCc1cc2c3c(nn(C(C)C)c(=O)c3c1)C(c1ncnn1C)C(c1ccc(F)cc1)N2. The van der Waals surface area contributed by atoms with E-state index in [-0.39, 0.29) is 29.4 Å². The summed E-state index contributed by atoms with van der Waals surface area (Å²) in [7, 11) is 3.71. The third-order valence-electron chi connectivity index (χ3n) is 6.17. The second kappa shape index (κ2) is 9.95. The summed E-state index contributed by atoms with van der Waals surface area (Å²) in [6, 6.07) is 10.0. The van der Waals surface area contributed by atoms with Crippen molar-refractivity contribution in [1.29, 1.82) is 0 Å². The first-order valence-corrected chi connectivity index (χ1v) is 12.0. The molecule has 2 aromatic heterocycles. The number of rotatable bonds is 5. The molecule has 8 nitrogen and oxygen atoms in total. The highest BCUT2D eigenvalue weighted by atomic mass is 19.1. The Morgan fingerprint density at radius 2 is 1.89 bits per heavy atom. The van der Waals surface area contributed by atoms with Crippen LogP contribution in [0.2, 0.25) is 0 Å². The lowest BCUT2D eigenvalue weighted by atomic mass is 9.83. The number of halogens is 1. The van der Waals surface area contributed by atoms with E-state index in [4.69, 9.17) is 5.10 Å². The molecule has 2 N–H and O–H groups in total. The highest BCUT2D eigenvalue weighted by molar-refractivity contribution is 5.98. The second-order valence-corrected chi connectivity index (χ2v) is 8.72. The Bertz CT molecular complexity index is 1390. The predicted molar refractivity (Wildman–Crippen MR) is 136 cm³/mol. The zero-order valence-corrected chi connectivity index (χ0v) is 21.0. The predicted octanol–water partition coefficient (Wildman–Crippen LogP) is 4.29. The van der Waals surface area contributed by atoms with Crippen LogP contribution in [-0.2, 0) is 13.6 Å². The Morgan fingerprint density at radius 3 is 2.49 bits per heavy atom. The van der Waals surface area contributed by atoms with Crippen LogP contribution in [0.1, 0.15) is 68.3 Å². The van der Waals surface area contributed by atoms with Crippen molar-refractivity contribution in [1.82, 2.24) is 29.9 Å². The molecule has 0 radical (unpaired) electrons. The van der Waals surface area contributed by atoms with Crippen molar-refractivity contribution in [3.8, 4) is 0 Å². The molecule has 0 fully saturated rings. The van der Waals surface area contributed by atoms with Crippen molar-refractivity contribution >= 4 is 16.5 Å². The average molecular weight is 478 g/mol. The van der Waals surface area contributed by atoms with Crippen molar-refractivity contribution < 1.29 is 4.39 Å². The van der Waals surface area contributed by atoms with E-state index in [1.54, 1.807) is 21.5 Å². The quantitative estimate of drug-likeness (QED) is 0.446. The van der Waals surface area contributed by atoms with E-state index in [0.29, 0.717) is 17.8 Å². The zero-order valence-electron chi connectivity index (χ0n) is 21.0. The first-order chi connectivity index (χ1) is 16.9. The molecule has 2 atom stereocenters. The number of hydrogen-bond donors (Lipinski definition) is 2. The molecule has 2 aromatic carbocycles. The van der Waals surface area contributed by atoms with Crippen molar-refractivity contribution in [2.24, 2.45) is 7.05 Å². The topological polar surface area (TPSA) is 89.7 Å². The summed E-state index contributed by atoms with van der Waals surface area (Å²) in [4.78, 5) is 17.9. The summed E-state index contributed by atoms with van der Waals surface area (Å²) in [5, 5.41) is 17.3. The molecule has 1 aliphatic rings. The monoisotopic (exact) mass is 477 g/mol. The summed E-state index contributed by atoms with van der Waals surface area (Å²) in [5.74, 6) is 0.0820. The van der Waals surface area contributed by atoms with E-state index in [1.165, 1.54) is 18.5 Å². The van der Waals surface area contributed by atoms with Crippen LogP contribution in [0.3, 0.4) is 0 Å². The van der Waals surface area contributed by atoms with Crippen LogP contribution < -0.4 is 16.2 Å². The third-order valence-corrected chi connectivity index (χ3v) is 6.17. The first kappa shape index (κ1) is 24.5. The number of hydrogen-bond acceptors (Lipinski definition) is 6. The van der Waals surface area contributed by atoms with Gasteiger partial charge in [0, 0.05) is 24.7 Å². The molecule has 0 saturated carbocycles. The molecule has 184 valence electrons. The summed E-state index contributed by atoms with van der Waals surface area (Å²) < 4.78 is 17.0. The standard InChI is InChI=1S/C24H26FN7O.C2H6/c1-13(2)32-24(33)17-9-14(11-26-3)10-18-19(17)22(30-32)20(23-27-12-28-31(23)4)21(29-18)15-5-7-16(25)8-6-15;1-2/h5-10,12-13,20-21,26,29H,11H2,1-4H3;1-2H3. The summed E-state index contributed by atoms with van der Waals surface area (Å²) in [6.45, 7) is 8.51. The fraction of sp³-hybridized carbons (Fsp3) is 0.385. The van der Waals surface area contributed by atoms with Gasteiger partial charge >= 0.3 is 0 Å². The third kappa shape index (κ3) is 4.32. The van der Waals surface area contributed by atoms with Gasteiger partial charge in [0.15, 0.2) is 0 Å². The second-order valence-electron chi connectivity index (χ2n) is 8.72. The summed E-state index contributed by atoms with van der Waals surface area (Å²) in [6.07, 6.45) is 1.51. The molecule has 9 heteroatoms. The largest absolute Gasteiger partial charge is 0.377 e. The first-order valence-electron chi connectivity index (χ1n) is 12.0. The maximum Gasteiger partial charge on any atom is 0.274 e. The average Bonchev–Trinajstić information content (AvgIpc) is 3.27. The molecule has 35 heavy (non-hydrogen) atoms. The zero-order chi connectivity index (χ0) is 25.3. The van der Waals surface area contributed by atoms with E-state index in [0.717, 1.165) is 27.9 Å². The number of aromatic nitrogens is 5. The van der Waals surface area contributed by atoms with E-state index < -0.39 is 0 Å². The summed E-state index contributed by atoms with van der Waals surface area (Å²) in [5.41, 5.74) is 3.36. The van der Waals surface area contributed by atoms with Gasteiger partial charge in [-0.1, -0.05) is 26.0 Å². The molecule has 4 aromatic rings. The lowest BCUT2D eigenvalue weighted by molar-refractivity contribution is 0.478. The lowest BCUT2D eigenvalue weighted by Gasteiger charge is -2.35. The minimum Gasteiger partial charge on any atom is -0.377 e. The lowest BCUT2D eigenvalue weighted by Crippen LogP contribution is -2.33. The van der Waals surface area contributed by atoms with Crippen molar-refractivity contribution in [2.45, 2.75) is 52.2 Å². The van der Waals surface area contributed by atoms with Gasteiger partial charge in [0.25, 0.3) is 5.56 Å². The van der Waals surface area contributed by atoms with Gasteiger partial charge in [0.1, 0.15) is 18.0 Å². The highest BCUT2D eigenvalue weighted by Gasteiger charge is 2.38. The fourth-order valence-electron chi connectivity index (χ4n) is 4.68. The van der Waals surface area contributed by atoms with E-state index in [1.807, 2.05) is 53.9 Å². The Morgan fingerprint density at radius 1 is 1.17 bits per heavy atom. The minimum atomic E-state index is -0.335. The molecule has 0 amide bonds. The highest BCUT2D eigenvalue weighted by Crippen LogP contribution is 2.46. The van der Waals surface area contributed by atoms with Crippen molar-refractivity contribution in [3.63, 3.8) is 0 Å². The van der Waals surface area contributed by atoms with Crippen LogP contribution in [-0.4, -0.2) is 31.6 Å². The number of nitrogens with zero attached hydrogens (tertiary/aromatic N) is 5. The Kier molecular flexibility index (Phi) is 6.98. The molecule has 0 aliphatic carbocycles. The van der Waals surface area contributed by atoms with E-state index >= 15 is 0 Å². The minimum absolute atomic E-state index is 0.117. The van der Waals surface area contributed by atoms with Crippen LogP contribution in [0.5, 0.6) is 0 Å². The van der Waals surface area contributed by atoms with Gasteiger partial charge in [-0.25, -0.2) is 14.1 Å². The van der Waals surface area contributed by atoms with Crippen LogP contribution >= 0.6 is 0 Å². The normalized spacial score (nSPS) is 16.7. The Labute approximate surface area is 204 Å². The molecule has 0 saturated heterocycles. The van der Waals surface area contributed by atoms with Crippen LogP contribution in [0.4, 0.5) is 10.1 Å². The maximum atomic E-state index is 13.7.